The molecule has 0 aliphatic rings. The lowest BCUT2D eigenvalue weighted by atomic mass is 10.2. The fourth-order valence-electron chi connectivity index (χ4n) is 2.78. The third-order valence-corrected chi connectivity index (χ3v) is 4.15. The van der Waals surface area contributed by atoms with E-state index in [0.29, 0.717) is 6.17 Å². The van der Waals surface area contributed by atoms with Gasteiger partial charge >= 0.3 is 0 Å². The van der Waals surface area contributed by atoms with Crippen molar-refractivity contribution in [3.8, 4) is 0 Å². The summed E-state index contributed by atoms with van der Waals surface area (Å²) in [6.07, 6.45) is 0.342. The lowest BCUT2D eigenvalue weighted by Gasteiger charge is -2.31. The van der Waals surface area contributed by atoms with Gasteiger partial charge in [-0.2, -0.15) is 0 Å². The Bertz CT molecular complexity index is 523. The molecule has 1 unspecified atom stereocenters. The van der Waals surface area contributed by atoms with Crippen LogP contribution in [0.15, 0.2) is 60.7 Å². The van der Waals surface area contributed by atoms with Crippen LogP contribution in [0.2, 0.25) is 0 Å². The summed E-state index contributed by atoms with van der Waals surface area (Å²) in [6.45, 7) is 9.28. The highest BCUT2D eigenvalue weighted by atomic mass is 15.3. The number of likely N-dealkylation sites (N-methyl/N-ethyl adjacent to an activating group) is 1. The Morgan fingerprint density at radius 3 is 1.83 bits per heavy atom. The van der Waals surface area contributed by atoms with Crippen molar-refractivity contribution in [2.24, 2.45) is 0 Å². The molecule has 3 nitrogen and oxygen atoms in total. The molecule has 0 amide bonds. The average Bonchev–Trinajstić information content (AvgIpc) is 2.62. The van der Waals surface area contributed by atoms with Gasteiger partial charge in [-0.3, -0.25) is 10.2 Å². The highest BCUT2D eigenvalue weighted by molar-refractivity contribution is 5.15. The molecule has 1 atom stereocenters. The Morgan fingerprint density at radius 1 is 0.783 bits per heavy atom. The van der Waals surface area contributed by atoms with Crippen LogP contribution in [-0.2, 0) is 13.1 Å². The van der Waals surface area contributed by atoms with Gasteiger partial charge in [-0.1, -0.05) is 74.5 Å². The second-order valence-electron chi connectivity index (χ2n) is 5.72. The van der Waals surface area contributed by atoms with Crippen LogP contribution in [0.1, 0.15) is 25.0 Å². The zero-order valence-electron chi connectivity index (χ0n) is 14.3. The minimum absolute atomic E-state index is 0.342. The van der Waals surface area contributed by atoms with Crippen LogP contribution in [0, 0.1) is 0 Å². The van der Waals surface area contributed by atoms with Crippen LogP contribution in [0.4, 0.5) is 0 Å². The van der Waals surface area contributed by atoms with E-state index in [1.54, 1.807) is 0 Å². The van der Waals surface area contributed by atoms with E-state index in [1.165, 1.54) is 11.1 Å². The van der Waals surface area contributed by atoms with Gasteiger partial charge in [0, 0.05) is 19.6 Å². The van der Waals surface area contributed by atoms with E-state index in [0.717, 1.165) is 32.7 Å². The maximum absolute atomic E-state index is 3.69. The van der Waals surface area contributed by atoms with Crippen LogP contribution < -0.4 is 10.6 Å². The summed E-state index contributed by atoms with van der Waals surface area (Å²) in [4.78, 5) is 2.46. The van der Waals surface area contributed by atoms with Gasteiger partial charge in [-0.25, -0.2) is 0 Å². The zero-order valence-corrected chi connectivity index (χ0v) is 14.3. The molecular formula is C20H29N3. The minimum atomic E-state index is 0.342. The van der Waals surface area contributed by atoms with Gasteiger partial charge in [0.1, 0.15) is 0 Å². The van der Waals surface area contributed by atoms with Gasteiger partial charge in [0.05, 0.1) is 6.17 Å². The maximum Gasteiger partial charge on any atom is 0.0728 e. The highest BCUT2D eigenvalue weighted by Gasteiger charge is 2.14. The molecule has 0 radical (unpaired) electrons. The lowest BCUT2D eigenvalue weighted by Crippen LogP contribution is -2.50. The van der Waals surface area contributed by atoms with Crippen molar-refractivity contribution in [3.05, 3.63) is 71.8 Å². The zero-order chi connectivity index (χ0) is 16.3. The molecule has 0 saturated heterocycles. The van der Waals surface area contributed by atoms with Gasteiger partial charge in [-0.05, 0) is 24.2 Å². The summed E-state index contributed by atoms with van der Waals surface area (Å²) < 4.78 is 0. The van der Waals surface area contributed by atoms with E-state index < -0.39 is 0 Å². The van der Waals surface area contributed by atoms with Crippen molar-refractivity contribution in [3.63, 3.8) is 0 Å². The van der Waals surface area contributed by atoms with Gasteiger partial charge in [-0.15, -0.1) is 0 Å². The summed E-state index contributed by atoms with van der Waals surface area (Å²) in [5.41, 5.74) is 2.65. The Kier molecular flexibility index (Phi) is 7.81. The molecule has 0 bridgehead atoms. The molecule has 3 heteroatoms. The van der Waals surface area contributed by atoms with Crippen LogP contribution in [0.25, 0.3) is 0 Å². The third kappa shape index (κ3) is 6.14. The summed E-state index contributed by atoms with van der Waals surface area (Å²) in [7, 11) is 0. The summed E-state index contributed by atoms with van der Waals surface area (Å²) in [5.74, 6) is 0. The van der Waals surface area contributed by atoms with Crippen LogP contribution >= 0.6 is 0 Å². The fourth-order valence-corrected chi connectivity index (χ4v) is 2.78. The number of nitrogens with zero attached hydrogens (tertiary/aromatic N) is 1. The molecular weight excluding hydrogens is 282 g/mol. The Balaban J connectivity index is 1.86. The molecule has 0 aliphatic heterocycles. The van der Waals surface area contributed by atoms with E-state index >= 15 is 0 Å². The van der Waals surface area contributed by atoms with Gasteiger partial charge in [0.2, 0.25) is 0 Å². The summed E-state index contributed by atoms with van der Waals surface area (Å²) in [6, 6.07) is 21.2. The molecule has 0 fully saturated rings. The van der Waals surface area contributed by atoms with Crippen molar-refractivity contribution >= 4 is 0 Å². The molecule has 0 heterocycles. The van der Waals surface area contributed by atoms with E-state index in [2.05, 4.69) is 90.0 Å². The molecule has 124 valence electrons. The van der Waals surface area contributed by atoms with Crippen molar-refractivity contribution in [2.45, 2.75) is 33.1 Å². The van der Waals surface area contributed by atoms with Crippen molar-refractivity contribution in [1.82, 2.24) is 15.5 Å². The van der Waals surface area contributed by atoms with Crippen molar-refractivity contribution in [1.29, 1.82) is 0 Å². The predicted molar refractivity (Wildman–Crippen MR) is 98.1 cm³/mol. The second-order valence-corrected chi connectivity index (χ2v) is 5.72. The molecule has 2 rings (SSSR count). The monoisotopic (exact) mass is 311 g/mol. The topological polar surface area (TPSA) is 27.3 Å². The van der Waals surface area contributed by atoms with E-state index in [-0.39, 0.29) is 0 Å². The third-order valence-electron chi connectivity index (χ3n) is 4.15. The molecule has 0 saturated carbocycles. The first-order chi connectivity index (χ1) is 11.3. The molecule has 2 aromatic carbocycles. The highest BCUT2D eigenvalue weighted by Crippen LogP contribution is 2.02. The molecule has 0 spiro atoms. The molecule has 2 aromatic rings. The number of hydrogen-bond acceptors (Lipinski definition) is 3. The fraction of sp³-hybridized carbons (Fsp3) is 0.400. The summed E-state index contributed by atoms with van der Waals surface area (Å²) in [5, 5.41) is 7.27. The maximum atomic E-state index is 3.69. The number of hydrogen-bond donors (Lipinski definition) is 2. The van der Waals surface area contributed by atoms with Crippen LogP contribution in [0.5, 0.6) is 0 Å². The van der Waals surface area contributed by atoms with Gasteiger partial charge in [0.25, 0.3) is 0 Å². The quantitative estimate of drug-likeness (QED) is 0.660. The first-order valence-electron chi connectivity index (χ1n) is 8.59. The number of benzene rings is 2. The van der Waals surface area contributed by atoms with Crippen molar-refractivity contribution in [2.75, 3.05) is 19.6 Å². The summed E-state index contributed by atoms with van der Waals surface area (Å²) >= 11 is 0. The van der Waals surface area contributed by atoms with E-state index in [9.17, 15) is 0 Å². The van der Waals surface area contributed by atoms with Gasteiger partial charge < -0.3 is 5.32 Å². The number of rotatable bonds is 10. The largest absolute Gasteiger partial charge is 0.310 e. The normalized spacial score (nSPS) is 12.5. The minimum Gasteiger partial charge on any atom is -0.310 e. The Labute approximate surface area is 140 Å². The lowest BCUT2D eigenvalue weighted by molar-refractivity contribution is 0.175. The second kappa shape index (κ2) is 10.2. The number of nitrogens with one attached hydrogen (secondary N) is 2. The molecule has 23 heavy (non-hydrogen) atoms. The molecule has 0 aromatic heterocycles. The van der Waals surface area contributed by atoms with Gasteiger partial charge in [0.15, 0.2) is 0 Å². The van der Waals surface area contributed by atoms with Crippen molar-refractivity contribution < 1.29 is 0 Å². The molecule has 2 N–H and O–H groups in total. The van der Waals surface area contributed by atoms with E-state index in [1.807, 2.05) is 0 Å². The first-order valence-corrected chi connectivity index (χ1v) is 8.59. The van der Waals surface area contributed by atoms with Crippen LogP contribution in [0.3, 0.4) is 0 Å². The SMILES string of the molecule is CCN(CC)C(CNCc1ccccc1)NCc1ccccc1. The van der Waals surface area contributed by atoms with E-state index in [4.69, 9.17) is 0 Å². The van der Waals surface area contributed by atoms with Crippen LogP contribution in [-0.4, -0.2) is 30.7 Å². The smallest absolute Gasteiger partial charge is 0.0728 e. The Morgan fingerprint density at radius 2 is 1.30 bits per heavy atom. The molecule has 0 aliphatic carbocycles. The standard InChI is InChI=1S/C20H29N3/c1-3-23(4-2)20(22-16-19-13-9-6-10-14-19)17-21-15-18-11-7-5-8-12-18/h5-14,20-22H,3-4,15-17H2,1-2H3. The average molecular weight is 311 g/mol. The predicted octanol–water partition coefficient (Wildman–Crippen LogP) is 3.23. The Hall–Kier alpha value is -1.68. The first kappa shape index (κ1) is 17.7.